The van der Waals surface area contributed by atoms with Crippen LogP contribution in [0.25, 0.3) is 0 Å². The predicted octanol–water partition coefficient (Wildman–Crippen LogP) is 1.78. The number of aromatic nitrogens is 2. The molecule has 1 fully saturated rings. The maximum atomic E-state index is 12.2. The lowest BCUT2D eigenvalue weighted by Crippen LogP contribution is -2.29. The zero-order chi connectivity index (χ0) is 13.0. The fourth-order valence-corrected chi connectivity index (χ4v) is 2.39. The molecule has 1 saturated heterocycles. The van der Waals surface area contributed by atoms with Gasteiger partial charge in [0.1, 0.15) is 11.5 Å². The van der Waals surface area contributed by atoms with Crippen LogP contribution in [0.15, 0.2) is 12.4 Å². The summed E-state index contributed by atoms with van der Waals surface area (Å²) in [5.41, 5.74) is 0.436. The molecule has 1 unspecified atom stereocenters. The van der Waals surface area contributed by atoms with E-state index in [2.05, 4.69) is 22.2 Å². The van der Waals surface area contributed by atoms with Crippen molar-refractivity contribution < 1.29 is 4.79 Å². The first-order valence-electron chi connectivity index (χ1n) is 6.53. The molecule has 0 aromatic carbocycles. The zero-order valence-electron chi connectivity index (χ0n) is 11.0. The molecule has 0 aliphatic carbocycles. The number of amides is 1. The largest absolute Gasteiger partial charge is 0.372 e. The molecule has 18 heavy (non-hydrogen) atoms. The number of carbonyl (C=O) groups is 1. The van der Waals surface area contributed by atoms with Gasteiger partial charge in [-0.3, -0.25) is 4.79 Å². The third-order valence-electron chi connectivity index (χ3n) is 3.40. The van der Waals surface area contributed by atoms with Crippen LogP contribution in [0.4, 0.5) is 5.82 Å². The van der Waals surface area contributed by atoms with Crippen LogP contribution in [-0.2, 0) is 0 Å². The second kappa shape index (κ2) is 5.80. The smallest absolute Gasteiger partial charge is 0.274 e. The molecule has 1 aliphatic rings. The van der Waals surface area contributed by atoms with Crippen molar-refractivity contribution in [1.29, 1.82) is 0 Å². The van der Waals surface area contributed by atoms with Gasteiger partial charge in [0.15, 0.2) is 0 Å². The van der Waals surface area contributed by atoms with Crippen LogP contribution in [0.5, 0.6) is 0 Å². The fraction of sp³-hybridized carbons (Fsp3) is 0.615. The highest BCUT2D eigenvalue weighted by Gasteiger charge is 2.27. The number of hydrogen-bond acceptors (Lipinski definition) is 4. The molecule has 2 heterocycles. The first-order valence-corrected chi connectivity index (χ1v) is 6.53. The van der Waals surface area contributed by atoms with Crippen LogP contribution in [0.3, 0.4) is 0 Å². The Balaban J connectivity index is 1.98. The summed E-state index contributed by atoms with van der Waals surface area (Å²) in [6.07, 6.45) is 6.63. The average molecular weight is 248 g/mol. The van der Waals surface area contributed by atoms with Gasteiger partial charge in [0, 0.05) is 20.1 Å². The predicted molar refractivity (Wildman–Crippen MR) is 70.5 cm³/mol. The molecule has 1 aliphatic heterocycles. The number of carbonyl (C=O) groups excluding carboxylic acids is 1. The average Bonchev–Trinajstić information content (AvgIpc) is 2.87. The Morgan fingerprint density at radius 1 is 1.50 bits per heavy atom. The maximum Gasteiger partial charge on any atom is 0.274 e. The number of likely N-dealkylation sites (tertiary alicyclic amines) is 1. The van der Waals surface area contributed by atoms with Crippen molar-refractivity contribution in [3.8, 4) is 0 Å². The summed E-state index contributed by atoms with van der Waals surface area (Å²) in [5, 5.41) is 2.89. The van der Waals surface area contributed by atoms with Crippen molar-refractivity contribution >= 4 is 11.7 Å². The van der Waals surface area contributed by atoms with E-state index in [0.717, 1.165) is 19.5 Å². The van der Waals surface area contributed by atoms with Crippen molar-refractivity contribution in [3.05, 3.63) is 18.1 Å². The van der Waals surface area contributed by atoms with E-state index < -0.39 is 0 Å². The molecule has 5 heteroatoms. The Kier molecular flexibility index (Phi) is 4.12. The van der Waals surface area contributed by atoms with Gasteiger partial charge in [-0.05, 0) is 18.8 Å². The second-order valence-corrected chi connectivity index (χ2v) is 4.73. The van der Waals surface area contributed by atoms with Crippen LogP contribution in [0.2, 0.25) is 0 Å². The number of anilines is 1. The first-order chi connectivity index (χ1) is 8.74. The summed E-state index contributed by atoms with van der Waals surface area (Å²) < 4.78 is 0. The second-order valence-electron chi connectivity index (χ2n) is 4.73. The summed E-state index contributed by atoms with van der Waals surface area (Å²) in [5.74, 6) is 1.34. The molecule has 2 rings (SSSR count). The van der Waals surface area contributed by atoms with Crippen molar-refractivity contribution in [1.82, 2.24) is 14.9 Å². The minimum atomic E-state index is 0.00348. The van der Waals surface area contributed by atoms with Gasteiger partial charge in [-0.1, -0.05) is 13.3 Å². The third-order valence-corrected chi connectivity index (χ3v) is 3.40. The molecular formula is C13H20N4O. The number of rotatable bonds is 4. The Labute approximate surface area is 108 Å². The van der Waals surface area contributed by atoms with Gasteiger partial charge in [0.05, 0.1) is 12.4 Å². The Morgan fingerprint density at radius 3 is 2.94 bits per heavy atom. The van der Waals surface area contributed by atoms with E-state index in [-0.39, 0.29) is 5.91 Å². The summed E-state index contributed by atoms with van der Waals surface area (Å²) in [4.78, 5) is 22.4. The summed E-state index contributed by atoms with van der Waals surface area (Å²) in [6.45, 7) is 3.90. The Hall–Kier alpha value is -1.65. The molecule has 1 amide bonds. The maximum absolute atomic E-state index is 12.2. The first kappa shape index (κ1) is 12.8. The van der Waals surface area contributed by atoms with Crippen LogP contribution in [0, 0.1) is 5.92 Å². The molecule has 1 atom stereocenters. The fourth-order valence-electron chi connectivity index (χ4n) is 2.39. The van der Waals surface area contributed by atoms with Gasteiger partial charge in [-0.15, -0.1) is 0 Å². The lowest BCUT2D eigenvalue weighted by Gasteiger charge is -2.15. The number of nitrogens with zero attached hydrogens (tertiary/aromatic N) is 3. The highest BCUT2D eigenvalue weighted by atomic mass is 16.2. The van der Waals surface area contributed by atoms with Crippen molar-refractivity contribution in [2.45, 2.75) is 26.2 Å². The van der Waals surface area contributed by atoms with Gasteiger partial charge in [-0.25, -0.2) is 9.97 Å². The van der Waals surface area contributed by atoms with E-state index in [0.29, 0.717) is 17.4 Å². The monoisotopic (exact) mass is 248 g/mol. The zero-order valence-corrected chi connectivity index (χ0v) is 11.0. The van der Waals surface area contributed by atoms with E-state index in [1.54, 1.807) is 19.4 Å². The molecule has 1 aromatic heterocycles. The minimum absolute atomic E-state index is 0.00348. The van der Waals surface area contributed by atoms with Crippen LogP contribution >= 0.6 is 0 Å². The molecule has 1 N–H and O–H groups in total. The SMILES string of the molecule is CCCC1CCN(C(=O)c2cnc(NC)cn2)C1. The number of nitrogens with one attached hydrogen (secondary N) is 1. The Morgan fingerprint density at radius 2 is 2.33 bits per heavy atom. The van der Waals surface area contributed by atoms with Crippen molar-refractivity contribution in [3.63, 3.8) is 0 Å². The molecule has 98 valence electrons. The van der Waals surface area contributed by atoms with Gasteiger partial charge in [-0.2, -0.15) is 0 Å². The van der Waals surface area contributed by atoms with Gasteiger partial charge < -0.3 is 10.2 Å². The van der Waals surface area contributed by atoms with E-state index in [4.69, 9.17) is 0 Å². The summed E-state index contributed by atoms with van der Waals surface area (Å²) in [7, 11) is 1.78. The van der Waals surface area contributed by atoms with Gasteiger partial charge in [0.2, 0.25) is 0 Å². The third kappa shape index (κ3) is 2.78. The highest BCUT2D eigenvalue weighted by molar-refractivity contribution is 5.92. The molecule has 5 nitrogen and oxygen atoms in total. The molecule has 0 saturated carbocycles. The number of hydrogen-bond donors (Lipinski definition) is 1. The normalized spacial score (nSPS) is 19.0. The van der Waals surface area contributed by atoms with E-state index in [1.807, 2.05) is 4.90 Å². The summed E-state index contributed by atoms with van der Waals surface area (Å²) in [6, 6.07) is 0. The lowest BCUT2D eigenvalue weighted by molar-refractivity contribution is 0.0780. The van der Waals surface area contributed by atoms with E-state index in [1.165, 1.54) is 12.8 Å². The van der Waals surface area contributed by atoms with Crippen LogP contribution in [-0.4, -0.2) is 40.9 Å². The Bertz CT molecular complexity index is 404. The van der Waals surface area contributed by atoms with E-state index in [9.17, 15) is 4.79 Å². The molecule has 0 spiro atoms. The summed E-state index contributed by atoms with van der Waals surface area (Å²) >= 11 is 0. The van der Waals surface area contributed by atoms with Gasteiger partial charge >= 0.3 is 0 Å². The van der Waals surface area contributed by atoms with Crippen LogP contribution in [0.1, 0.15) is 36.7 Å². The van der Waals surface area contributed by atoms with E-state index >= 15 is 0 Å². The van der Waals surface area contributed by atoms with Crippen LogP contribution < -0.4 is 5.32 Å². The molecular weight excluding hydrogens is 228 g/mol. The van der Waals surface area contributed by atoms with Crippen molar-refractivity contribution in [2.24, 2.45) is 5.92 Å². The van der Waals surface area contributed by atoms with Gasteiger partial charge in [0.25, 0.3) is 5.91 Å². The molecule has 0 radical (unpaired) electrons. The molecule has 1 aromatic rings. The van der Waals surface area contributed by atoms with Crippen molar-refractivity contribution in [2.75, 3.05) is 25.5 Å². The highest BCUT2D eigenvalue weighted by Crippen LogP contribution is 2.22. The minimum Gasteiger partial charge on any atom is -0.372 e. The standard InChI is InChI=1S/C13H20N4O/c1-3-4-10-5-6-17(9-10)13(18)11-7-16-12(14-2)8-15-11/h7-8,10H,3-6,9H2,1-2H3,(H,14,16). The molecule has 0 bridgehead atoms. The lowest BCUT2D eigenvalue weighted by atomic mass is 10.0. The topological polar surface area (TPSA) is 58.1 Å². The quantitative estimate of drug-likeness (QED) is 0.882.